The van der Waals surface area contributed by atoms with Crippen molar-refractivity contribution in [1.82, 2.24) is 5.43 Å². The van der Waals surface area contributed by atoms with E-state index in [1.807, 2.05) is 6.07 Å². The number of carbonyl (C=O) groups is 2. The van der Waals surface area contributed by atoms with Crippen LogP contribution < -0.4 is 14.5 Å². The zero-order chi connectivity index (χ0) is 26.1. The highest BCUT2D eigenvalue weighted by Gasteiger charge is 2.26. The number of rotatable bonds is 9. The number of benzene rings is 4. The second kappa shape index (κ2) is 11.8. The number of amides is 1. The van der Waals surface area contributed by atoms with Gasteiger partial charge in [0.1, 0.15) is 12.3 Å². The van der Waals surface area contributed by atoms with E-state index < -0.39 is 28.4 Å². The van der Waals surface area contributed by atoms with E-state index in [2.05, 4.69) is 10.5 Å². The third-order valence-corrected chi connectivity index (χ3v) is 6.95. The Morgan fingerprint density at radius 3 is 1.97 bits per heavy atom. The molecule has 8 nitrogen and oxygen atoms in total. The van der Waals surface area contributed by atoms with Gasteiger partial charge in [0.05, 0.1) is 22.4 Å². The minimum Gasteiger partial charge on any atom is -0.423 e. The summed E-state index contributed by atoms with van der Waals surface area (Å²) in [5, 5.41) is 3.93. The molecule has 0 unspecified atom stereocenters. The molecule has 9 heteroatoms. The summed E-state index contributed by atoms with van der Waals surface area (Å²) < 4.78 is 32.8. The Labute approximate surface area is 214 Å². The van der Waals surface area contributed by atoms with Gasteiger partial charge in [0, 0.05) is 0 Å². The van der Waals surface area contributed by atoms with E-state index in [-0.39, 0.29) is 4.90 Å². The summed E-state index contributed by atoms with van der Waals surface area (Å²) in [5.74, 6) is -0.726. The monoisotopic (exact) mass is 513 g/mol. The Morgan fingerprint density at radius 2 is 1.35 bits per heavy atom. The summed E-state index contributed by atoms with van der Waals surface area (Å²) in [6.07, 6.45) is 1.40. The number of nitrogens with zero attached hydrogens (tertiary/aromatic N) is 2. The van der Waals surface area contributed by atoms with Gasteiger partial charge < -0.3 is 4.74 Å². The van der Waals surface area contributed by atoms with Crippen LogP contribution in [0.25, 0.3) is 0 Å². The lowest BCUT2D eigenvalue weighted by atomic mass is 10.2. The fourth-order valence-electron chi connectivity index (χ4n) is 3.34. The third-order valence-electron chi connectivity index (χ3n) is 5.17. The highest BCUT2D eigenvalue weighted by Crippen LogP contribution is 2.23. The normalized spacial score (nSPS) is 11.1. The predicted octanol–water partition coefficient (Wildman–Crippen LogP) is 4.25. The highest BCUT2D eigenvalue weighted by molar-refractivity contribution is 7.92. The summed E-state index contributed by atoms with van der Waals surface area (Å²) in [7, 11) is -3.98. The molecule has 0 aliphatic carbocycles. The van der Waals surface area contributed by atoms with E-state index in [1.54, 1.807) is 97.1 Å². The quantitative estimate of drug-likeness (QED) is 0.156. The summed E-state index contributed by atoms with van der Waals surface area (Å²) in [4.78, 5) is 24.8. The van der Waals surface area contributed by atoms with Crippen LogP contribution in [0.5, 0.6) is 5.75 Å². The first-order chi connectivity index (χ1) is 17.9. The average molecular weight is 514 g/mol. The maximum atomic E-state index is 13.2. The molecule has 0 atom stereocenters. The average Bonchev–Trinajstić information content (AvgIpc) is 2.94. The van der Waals surface area contributed by atoms with E-state index in [0.717, 1.165) is 4.31 Å². The molecule has 186 valence electrons. The SMILES string of the molecule is O=C(CN(c1ccccc1)S(=O)(=O)c1ccccc1)N/N=C\c1ccc(OC(=O)c2ccccc2)cc1. The minimum atomic E-state index is -3.98. The summed E-state index contributed by atoms with van der Waals surface area (Å²) in [6, 6.07) is 31.5. The minimum absolute atomic E-state index is 0.0724. The van der Waals surface area contributed by atoms with Crippen molar-refractivity contribution in [2.24, 2.45) is 5.10 Å². The lowest BCUT2D eigenvalue weighted by Gasteiger charge is -2.23. The Hall–Kier alpha value is -4.76. The van der Waals surface area contributed by atoms with Crippen molar-refractivity contribution in [2.45, 2.75) is 4.90 Å². The van der Waals surface area contributed by atoms with Gasteiger partial charge in [-0.2, -0.15) is 5.10 Å². The van der Waals surface area contributed by atoms with Gasteiger partial charge in [0.25, 0.3) is 15.9 Å². The van der Waals surface area contributed by atoms with Gasteiger partial charge in [-0.15, -0.1) is 0 Å². The first-order valence-electron chi connectivity index (χ1n) is 11.3. The van der Waals surface area contributed by atoms with E-state index in [1.165, 1.54) is 18.3 Å². The number of anilines is 1. The van der Waals surface area contributed by atoms with Crippen molar-refractivity contribution < 1.29 is 22.7 Å². The number of hydrogen-bond donors (Lipinski definition) is 1. The third kappa shape index (κ3) is 6.68. The van der Waals surface area contributed by atoms with Crippen molar-refractivity contribution >= 4 is 33.8 Å². The first kappa shape index (κ1) is 25.3. The van der Waals surface area contributed by atoms with Crippen LogP contribution in [0.15, 0.2) is 125 Å². The van der Waals surface area contributed by atoms with Crippen molar-refractivity contribution in [3.05, 3.63) is 126 Å². The number of para-hydroxylation sites is 1. The van der Waals surface area contributed by atoms with E-state index in [0.29, 0.717) is 22.6 Å². The molecule has 1 N–H and O–H groups in total. The molecule has 0 heterocycles. The van der Waals surface area contributed by atoms with Crippen LogP contribution in [-0.2, 0) is 14.8 Å². The molecule has 37 heavy (non-hydrogen) atoms. The zero-order valence-corrected chi connectivity index (χ0v) is 20.4. The Balaban J connectivity index is 1.39. The molecule has 4 rings (SSSR count). The van der Waals surface area contributed by atoms with Crippen LogP contribution in [-0.4, -0.2) is 33.1 Å². The van der Waals surface area contributed by atoms with Gasteiger partial charge in [0.2, 0.25) is 0 Å². The van der Waals surface area contributed by atoms with Crippen LogP contribution >= 0.6 is 0 Å². The van der Waals surface area contributed by atoms with Gasteiger partial charge in [-0.1, -0.05) is 54.6 Å². The fraction of sp³-hybridized carbons (Fsp3) is 0.0357. The maximum Gasteiger partial charge on any atom is 0.343 e. The standard InChI is InChI=1S/C28H23N3O5S/c32-27(21-31(24-12-6-2-7-13-24)37(34,35)26-14-8-3-9-15-26)30-29-20-22-16-18-25(19-17-22)36-28(33)23-10-4-1-5-11-23/h1-20H,21H2,(H,30,32)/b29-20-. The lowest BCUT2D eigenvalue weighted by molar-refractivity contribution is -0.119. The largest absolute Gasteiger partial charge is 0.423 e. The lowest BCUT2D eigenvalue weighted by Crippen LogP contribution is -2.39. The molecular weight excluding hydrogens is 490 g/mol. The molecule has 0 bridgehead atoms. The Kier molecular flexibility index (Phi) is 8.07. The van der Waals surface area contributed by atoms with E-state index >= 15 is 0 Å². The highest BCUT2D eigenvalue weighted by atomic mass is 32.2. The first-order valence-corrected chi connectivity index (χ1v) is 12.7. The Morgan fingerprint density at radius 1 is 0.784 bits per heavy atom. The molecule has 0 saturated carbocycles. The summed E-state index contributed by atoms with van der Waals surface area (Å²) in [5.41, 5.74) is 3.79. The molecule has 4 aromatic rings. The van der Waals surface area contributed by atoms with Crippen molar-refractivity contribution in [3.8, 4) is 5.75 Å². The number of hydrazone groups is 1. The molecule has 0 spiro atoms. The fourth-order valence-corrected chi connectivity index (χ4v) is 4.78. The summed E-state index contributed by atoms with van der Waals surface area (Å²) >= 11 is 0. The number of ether oxygens (including phenoxy) is 1. The second-order valence-corrected chi connectivity index (χ2v) is 9.64. The van der Waals surface area contributed by atoms with Crippen LogP contribution in [0.2, 0.25) is 0 Å². The maximum absolute atomic E-state index is 13.2. The van der Waals surface area contributed by atoms with Crippen molar-refractivity contribution in [2.75, 3.05) is 10.8 Å². The zero-order valence-electron chi connectivity index (χ0n) is 19.6. The van der Waals surface area contributed by atoms with Crippen LogP contribution in [0.1, 0.15) is 15.9 Å². The molecule has 0 fully saturated rings. The van der Waals surface area contributed by atoms with Crippen LogP contribution in [0.3, 0.4) is 0 Å². The molecule has 0 saturated heterocycles. The van der Waals surface area contributed by atoms with Crippen molar-refractivity contribution in [1.29, 1.82) is 0 Å². The van der Waals surface area contributed by atoms with Crippen LogP contribution in [0, 0.1) is 0 Å². The molecular formula is C28H23N3O5S. The molecule has 1 amide bonds. The second-order valence-electron chi connectivity index (χ2n) is 7.78. The van der Waals surface area contributed by atoms with Gasteiger partial charge in [-0.05, 0) is 66.2 Å². The number of sulfonamides is 1. The topological polar surface area (TPSA) is 105 Å². The Bertz CT molecular complexity index is 1480. The molecule has 0 aliphatic heterocycles. The number of esters is 1. The molecule has 0 aliphatic rings. The van der Waals surface area contributed by atoms with E-state index in [9.17, 15) is 18.0 Å². The van der Waals surface area contributed by atoms with Gasteiger partial charge in [-0.25, -0.2) is 18.6 Å². The van der Waals surface area contributed by atoms with Gasteiger partial charge in [0.15, 0.2) is 0 Å². The summed E-state index contributed by atoms with van der Waals surface area (Å²) in [6.45, 7) is -0.465. The number of carbonyl (C=O) groups excluding carboxylic acids is 2. The van der Waals surface area contributed by atoms with Crippen molar-refractivity contribution in [3.63, 3.8) is 0 Å². The van der Waals surface area contributed by atoms with Gasteiger partial charge >= 0.3 is 5.97 Å². The molecule has 0 aromatic heterocycles. The van der Waals surface area contributed by atoms with Crippen LogP contribution in [0.4, 0.5) is 5.69 Å². The number of nitrogens with one attached hydrogen (secondary N) is 1. The molecule has 4 aromatic carbocycles. The van der Waals surface area contributed by atoms with E-state index in [4.69, 9.17) is 4.74 Å². The smallest absolute Gasteiger partial charge is 0.343 e. The number of hydrogen-bond acceptors (Lipinski definition) is 6. The predicted molar refractivity (Wildman–Crippen MR) is 141 cm³/mol. The molecule has 0 radical (unpaired) electrons. The van der Waals surface area contributed by atoms with Gasteiger partial charge in [-0.3, -0.25) is 9.10 Å².